The predicted molar refractivity (Wildman–Crippen MR) is 125 cm³/mol. The van der Waals surface area contributed by atoms with Crippen LogP contribution >= 0.6 is 11.8 Å². The number of fused-ring (bicyclic) bond motifs is 2. The summed E-state index contributed by atoms with van der Waals surface area (Å²) >= 11 is 1.87. The maximum Gasteiger partial charge on any atom is 0.121 e. The predicted octanol–water partition coefficient (Wildman–Crippen LogP) is 5.25. The summed E-state index contributed by atoms with van der Waals surface area (Å²) in [4.78, 5) is 10.6. The van der Waals surface area contributed by atoms with Gasteiger partial charge in [-0.05, 0) is 89.1 Å². The summed E-state index contributed by atoms with van der Waals surface area (Å²) in [5, 5.41) is 0. The van der Waals surface area contributed by atoms with Crippen LogP contribution in [0.1, 0.15) is 32.1 Å². The highest BCUT2D eigenvalue weighted by Crippen LogP contribution is 2.49. The van der Waals surface area contributed by atoms with E-state index in [1.807, 2.05) is 11.8 Å². The molecule has 5 rings (SSSR count). The first-order valence-corrected chi connectivity index (χ1v) is 12.3. The van der Waals surface area contributed by atoms with Gasteiger partial charge in [-0.15, -0.1) is 0 Å². The smallest absolute Gasteiger partial charge is 0.121 e. The maximum absolute atomic E-state index is 5.52. The van der Waals surface area contributed by atoms with Crippen LogP contribution in [0.25, 0.3) is 0 Å². The Kier molecular flexibility index (Phi) is 6.21. The summed E-state index contributed by atoms with van der Waals surface area (Å²) in [5.74, 6) is 0.933. The van der Waals surface area contributed by atoms with Crippen LogP contribution in [0.15, 0.2) is 52.3 Å². The normalized spacial score (nSPS) is 20.2. The molecule has 0 atom stereocenters. The van der Waals surface area contributed by atoms with E-state index in [4.69, 9.17) is 4.74 Å². The minimum absolute atomic E-state index is 0.842. The number of likely N-dealkylation sites (tertiary alicyclic amines) is 2. The third-order valence-electron chi connectivity index (χ3n) is 6.90. The van der Waals surface area contributed by atoms with Gasteiger partial charge in [-0.2, -0.15) is 0 Å². The van der Waals surface area contributed by atoms with Crippen molar-refractivity contribution in [3.05, 3.63) is 42.5 Å². The zero-order valence-corrected chi connectivity index (χ0v) is 18.9. The molecular weight excluding hydrogens is 390 g/mol. The van der Waals surface area contributed by atoms with Crippen molar-refractivity contribution in [1.29, 1.82) is 0 Å². The van der Waals surface area contributed by atoms with Gasteiger partial charge in [0, 0.05) is 28.4 Å². The Morgan fingerprint density at radius 1 is 0.900 bits per heavy atom. The molecule has 4 nitrogen and oxygen atoms in total. The van der Waals surface area contributed by atoms with Crippen molar-refractivity contribution >= 4 is 23.1 Å². The van der Waals surface area contributed by atoms with Crippen LogP contribution < -0.4 is 9.64 Å². The van der Waals surface area contributed by atoms with Crippen LogP contribution in [0, 0.1) is 0 Å². The van der Waals surface area contributed by atoms with Crippen molar-refractivity contribution in [3.8, 4) is 5.75 Å². The highest BCUT2D eigenvalue weighted by Gasteiger charge is 2.27. The lowest BCUT2D eigenvalue weighted by Crippen LogP contribution is -2.44. The van der Waals surface area contributed by atoms with Crippen LogP contribution in [0.4, 0.5) is 11.4 Å². The Bertz CT molecular complexity index is 859. The molecule has 2 saturated heterocycles. The number of piperidine rings is 1. The van der Waals surface area contributed by atoms with Crippen molar-refractivity contribution in [2.45, 2.75) is 47.9 Å². The lowest BCUT2D eigenvalue weighted by atomic mass is 10.0. The average molecular weight is 424 g/mol. The van der Waals surface area contributed by atoms with Crippen molar-refractivity contribution in [1.82, 2.24) is 9.80 Å². The molecule has 5 heteroatoms. The van der Waals surface area contributed by atoms with E-state index in [1.165, 1.54) is 86.0 Å². The van der Waals surface area contributed by atoms with Gasteiger partial charge in [0.2, 0.25) is 0 Å². The summed E-state index contributed by atoms with van der Waals surface area (Å²) in [6, 6.07) is 16.1. The molecule has 30 heavy (non-hydrogen) atoms. The number of rotatable bonds is 6. The van der Waals surface area contributed by atoms with Crippen LogP contribution in [0.2, 0.25) is 0 Å². The second-order valence-electron chi connectivity index (χ2n) is 8.72. The zero-order valence-electron chi connectivity index (χ0n) is 18.1. The van der Waals surface area contributed by atoms with Gasteiger partial charge in [-0.3, -0.25) is 0 Å². The van der Waals surface area contributed by atoms with Crippen molar-refractivity contribution < 1.29 is 4.74 Å². The standard InChI is InChI=1S/C25H33N3OS/c1-29-21-9-10-25-23(19-21)28(22-7-2-3-8-24(22)30-25)16-6-13-26-17-11-20(12-18-26)27-14-4-5-15-27/h2-3,7-10,19-20H,4-6,11-18H2,1H3. The molecule has 0 aliphatic carbocycles. The summed E-state index contributed by atoms with van der Waals surface area (Å²) in [6.07, 6.45) is 6.70. The number of methoxy groups -OCH3 is 1. The Balaban J connectivity index is 1.22. The van der Waals surface area contributed by atoms with Crippen molar-refractivity contribution in [2.24, 2.45) is 0 Å². The van der Waals surface area contributed by atoms with Crippen LogP contribution in [-0.4, -0.2) is 62.2 Å². The van der Waals surface area contributed by atoms with E-state index < -0.39 is 0 Å². The highest BCUT2D eigenvalue weighted by molar-refractivity contribution is 7.99. The third-order valence-corrected chi connectivity index (χ3v) is 8.03. The molecule has 0 spiro atoms. The lowest BCUT2D eigenvalue weighted by molar-refractivity contribution is 0.126. The van der Waals surface area contributed by atoms with Crippen LogP contribution in [-0.2, 0) is 0 Å². The van der Waals surface area contributed by atoms with E-state index in [0.29, 0.717) is 0 Å². The summed E-state index contributed by atoms with van der Waals surface area (Å²) in [7, 11) is 1.75. The summed E-state index contributed by atoms with van der Waals surface area (Å²) in [5.41, 5.74) is 2.61. The molecular formula is C25H33N3OS. The van der Waals surface area contributed by atoms with Gasteiger partial charge < -0.3 is 19.4 Å². The number of hydrogen-bond acceptors (Lipinski definition) is 5. The van der Waals surface area contributed by atoms with Gasteiger partial charge in [0.15, 0.2) is 0 Å². The summed E-state index contributed by atoms with van der Waals surface area (Å²) in [6.45, 7) is 7.43. The highest BCUT2D eigenvalue weighted by atomic mass is 32.2. The van der Waals surface area contributed by atoms with E-state index in [1.54, 1.807) is 7.11 Å². The molecule has 2 aromatic rings. The fraction of sp³-hybridized carbons (Fsp3) is 0.520. The molecule has 0 unspecified atom stereocenters. The molecule has 0 saturated carbocycles. The first kappa shape index (κ1) is 20.2. The number of para-hydroxylation sites is 1. The van der Waals surface area contributed by atoms with Crippen LogP contribution in [0.5, 0.6) is 5.75 Å². The molecule has 0 bridgehead atoms. The van der Waals surface area contributed by atoms with E-state index in [-0.39, 0.29) is 0 Å². The molecule has 0 amide bonds. The van der Waals surface area contributed by atoms with E-state index in [9.17, 15) is 0 Å². The lowest BCUT2D eigenvalue weighted by Gasteiger charge is -2.37. The molecule has 160 valence electrons. The fourth-order valence-corrected chi connectivity index (χ4v) is 6.32. The van der Waals surface area contributed by atoms with Crippen molar-refractivity contribution in [2.75, 3.05) is 51.3 Å². The minimum atomic E-state index is 0.842. The fourth-order valence-electron chi connectivity index (χ4n) is 5.24. The van der Waals surface area contributed by atoms with Crippen LogP contribution in [0.3, 0.4) is 0 Å². The van der Waals surface area contributed by atoms with Gasteiger partial charge in [0.05, 0.1) is 18.5 Å². The monoisotopic (exact) mass is 423 g/mol. The molecule has 0 aromatic heterocycles. The largest absolute Gasteiger partial charge is 0.497 e. The third kappa shape index (κ3) is 4.20. The second-order valence-corrected chi connectivity index (χ2v) is 9.81. The Labute approximate surface area is 185 Å². The average Bonchev–Trinajstić information content (AvgIpc) is 3.34. The molecule has 2 fully saturated rings. The molecule has 3 heterocycles. The van der Waals surface area contributed by atoms with Gasteiger partial charge in [-0.25, -0.2) is 0 Å². The van der Waals surface area contributed by atoms with E-state index in [2.05, 4.69) is 57.2 Å². The van der Waals surface area contributed by atoms with Gasteiger partial charge >= 0.3 is 0 Å². The van der Waals surface area contributed by atoms with Gasteiger partial charge in [0.1, 0.15) is 5.75 Å². The van der Waals surface area contributed by atoms with Crippen molar-refractivity contribution in [3.63, 3.8) is 0 Å². The summed E-state index contributed by atoms with van der Waals surface area (Å²) < 4.78 is 5.52. The number of anilines is 2. The van der Waals surface area contributed by atoms with Gasteiger partial charge in [-0.1, -0.05) is 23.9 Å². The van der Waals surface area contributed by atoms with E-state index in [0.717, 1.165) is 18.3 Å². The number of nitrogens with zero attached hydrogens (tertiary/aromatic N) is 3. The van der Waals surface area contributed by atoms with E-state index >= 15 is 0 Å². The number of hydrogen-bond donors (Lipinski definition) is 0. The second kappa shape index (κ2) is 9.21. The molecule has 0 radical (unpaired) electrons. The maximum atomic E-state index is 5.52. The number of benzene rings is 2. The SMILES string of the molecule is COc1ccc2c(c1)N(CCCN1CCC(N3CCCC3)CC1)c1ccccc1S2. The molecule has 2 aromatic carbocycles. The quantitative estimate of drug-likeness (QED) is 0.630. The van der Waals surface area contributed by atoms with Gasteiger partial charge in [0.25, 0.3) is 0 Å². The Morgan fingerprint density at radius 3 is 2.47 bits per heavy atom. The zero-order chi connectivity index (χ0) is 20.3. The first-order chi connectivity index (χ1) is 14.8. The Morgan fingerprint density at radius 2 is 1.67 bits per heavy atom. The number of ether oxygens (including phenoxy) is 1. The topological polar surface area (TPSA) is 19.0 Å². The minimum Gasteiger partial charge on any atom is -0.497 e. The molecule has 3 aliphatic rings. The Hall–Kier alpha value is -1.69. The molecule has 0 N–H and O–H groups in total. The molecule has 3 aliphatic heterocycles. The first-order valence-electron chi connectivity index (χ1n) is 11.5.